The van der Waals surface area contributed by atoms with Crippen molar-refractivity contribution in [3.05, 3.63) is 41.7 Å². The van der Waals surface area contributed by atoms with Gasteiger partial charge in [0.15, 0.2) is 0 Å². The molecule has 0 aliphatic rings. The van der Waals surface area contributed by atoms with Crippen molar-refractivity contribution in [2.75, 3.05) is 11.9 Å². The predicted molar refractivity (Wildman–Crippen MR) is 82.3 cm³/mol. The molecule has 1 aromatic carbocycles. The molecule has 2 rings (SSSR count). The molecule has 0 atom stereocenters. The number of urea groups is 1. The zero-order valence-electron chi connectivity index (χ0n) is 12.5. The summed E-state index contributed by atoms with van der Waals surface area (Å²) in [5.41, 5.74) is 3.19. The predicted octanol–water partition coefficient (Wildman–Crippen LogP) is 2.09. The number of benzene rings is 1. The number of anilines is 1. The van der Waals surface area contributed by atoms with Crippen LogP contribution in [0.2, 0.25) is 0 Å². The lowest BCUT2D eigenvalue weighted by atomic mass is 10.2. The number of nitrogens with zero attached hydrogens (tertiary/aromatic N) is 2. The number of carboxylic acids is 1. The number of hydrogen-bond donors (Lipinski definition) is 3. The van der Waals surface area contributed by atoms with Gasteiger partial charge >= 0.3 is 12.0 Å². The summed E-state index contributed by atoms with van der Waals surface area (Å²) in [7, 11) is 0. The molecular formula is C15H18N4O3. The Kier molecular flexibility index (Phi) is 4.77. The molecule has 0 bridgehead atoms. The van der Waals surface area contributed by atoms with E-state index in [1.54, 1.807) is 10.7 Å². The Bertz CT molecular complexity index is 694. The Morgan fingerprint density at radius 2 is 2.00 bits per heavy atom. The normalized spacial score (nSPS) is 10.3. The molecule has 0 spiro atoms. The van der Waals surface area contributed by atoms with E-state index >= 15 is 0 Å². The van der Waals surface area contributed by atoms with Crippen molar-refractivity contribution in [3.8, 4) is 5.69 Å². The largest absolute Gasteiger partial charge is 0.481 e. The maximum absolute atomic E-state index is 11.8. The van der Waals surface area contributed by atoms with Crippen LogP contribution in [0.3, 0.4) is 0 Å². The lowest BCUT2D eigenvalue weighted by molar-refractivity contribution is -0.136. The molecule has 3 N–H and O–H groups in total. The average Bonchev–Trinajstić information content (AvgIpc) is 2.77. The van der Waals surface area contributed by atoms with Gasteiger partial charge in [-0.25, -0.2) is 9.48 Å². The minimum Gasteiger partial charge on any atom is -0.481 e. The Morgan fingerprint density at radius 3 is 2.64 bits per heavy atom. The highest BCUT2D eigenvalue weighted by atomic mass is 16.4. The minimum absolute atomic E-state index is 0.0727. The SMILES string of the molecule is Cc1cc(C)n(-c2ccccc2NC(=O)NCCC(=O)O)n1. The number of nitrogens with one attached hydrogen (secondary N) is 2. The van der Waals surface area contributed by atoms with Gasteiger partial charge in [-0.3, -0.25) is 4.79 Å². The van der Waals surface area contributed by atoms with Crippen LogP contribution in [0.25, 0.3) is 5.69 Å². The number of rotatable bonds is 5. The summed E-state index contributed by atoms with van der Waals surface area (Å²) in [5.74, 6) is -0.955. The van der Waals surface area contributed by atoms with E-state index in [4.69, 9.17) is 5.11 Å². The zero-order valence-corrected chi connectivity index (χ0v) is 12.5. The Labute approximate surface area is 128 Å². The van der Waals surface area contributed by atoms with Crippen molar-refractivity contribution < 1.29 is 14.7 Å². The summed E-state index contributed by atoms with van der Waals surface area (Å²) < 4.78 is 1.75. The van der Waals surface area contributed by atoms with Crippen LogP contribution in [0.5, 0.6) is 0 Å². The molecule has 0 aliphatic heterocycles. The Balaban J connectivity index is 2.14. The number of carboxylic acid groups (broad SMARTS) is 1. The first-order valence-electron chi connectivity index (χ1n) is 6.86. The Hall–Kier alpha value is -2.83. The summed E-state index contributed by atoms with van der Waals surface area (Å²) in [6.07, 6.45) is -0.119. The van der Waals surface area contributed by atoms with E-state index in [-0.39, 0.29) is 13.0 Å². The van der Waals surface area contributed by atoms with Gasteiger partial charge < -0.3 is 15.7 Å². The smallest absolute Gasteiger partial charge is 0.319 e. The standard InChI is InChI=1S/C15H18N4O3/c1-10-9-11(2)19(18-10)13-6-4-3-5-12(13)17-15(22)16-8-7-14(20)21/h3-6,9H,7-8H2,1-2H3,(H,20,21)(H2,16,17,22). The van der Waals surface area contributed by atoms with Gasteiger partial charge in [0.05, 0.1) is 23.5 Å². The maximum atomic E-state index is 11.8. The van der Waals surface area contributed by atoms with Crippen molar-refractivity contribution >= 4 is 17.7 Å². The van der Waals surface area contributed by atoms with Gasteiger partial charge in [0, 0.05) is 12.2 Å². The zero-order chi connectivity index (χ0) is 16.1. The molecule has 0 aliphatic carbocycles. The quantitative estimate of drug-likeness (QED) is 0.788. The lowest BCUT2D eigenvalue weighted by Gasteiger charge is -2.12. The third kappa shape index (κ3) is 3.85. The van der Waals surface area contributed by atoms with E-state index in [9.17, 15) is 9.59 Å². The monoisotopic (exact) mass is 302 g/mol. The van der Waals surface area contributed by atoms with Gasteiger partial charge in [0.1, 0.15) is 0 Å². The van der Waals surface area contributed by atoms with Gasteiger partial charge in [-0.05, 0) is 32.0 Å². The van der Waals surface area contributed by atoms with Crippen LogP contribution >= 0.6 is 0 Å². The number of amides is 2. The van der Waals surface area contributed by atoms with Crippen LogP contribution < -0.4 is 10.6 Å². The minimum atomic E-state index is -0.955. The summed E-state index contributed by atoms with van der Waals surface area (Å²) >= 11 is 0. The molecule has 1 heterocycles. The number of aromatic nitrogens is 2. The highest BCUT2D eigenvalue weighted by molar-refractivity contribution is 5.91. The summed E-state index contributed by atoms with van der Waals surface area (Å²) in [6.45, 7) is 3.91. The van der Waals surface area contributed by atoms with Gasteiger partial charge in [-0.2, -0.15) is 5.10 Å². The second kappa shape index (κ2) is 6.75. The van der Waals surface area contributed by atoms with Crippen LogP contribution in [0, 0.1) is 13.8 Å². The van der Waals surface area contributed by atoms with Crippen molar-refractivity contribution in [1.82, 2.24) is 15.1 Å². The van der Waals surface area contributed by atoms with Crippen LogP contribution in [0.4, 0.5) is 10.5 Å². The number of aryl methyl sites for hydroxylation is 2. The summed E-state index contributed by atoms with van der Waals surface area (Å²) in [6, 6.07) is 8.79. The summed E-state index contributed by atoms with van der Waals surface area (Å²) in [4.78, 5) is 22.3. The molecule has 2 aromatic rings. The van der Waals surface area contributed by atoms with Crippen LogP contribution in [0.1, 0.15) is 17.8 Å². The Morgan fingerprint density at radius 1 is 1.27 bits per heavy atom. The third-order valence-corrected chi connectivity index (χ3v) is 3.01. The van der Waals surface area contributed by atoms with Gasteiger partial charge in [0.2, 0.25) is 0 Å². The molecule has 0 radical (unpaired) electrons. The van der Waals surface area contributed by atoms with Crippen LogP contribution in [0.15, 0.2) is 30.3 Å². The number of carbonyl (C=O) groups is 2. The molecule has 0 unspecified atom stereocenters. The molecule has 22 heavy (non-hydrogen) atoms. The molecule has 7 nitrogen and oxygen atoms in total. The molecule has 2 amide bonds. The van der Waals surface area contributed by atoms with E-state index in [0.29, 0.717) is 5.69 Å². The first-order valence-corrected chi connectivity index (χ1v) is 6.86. The number of carbonyl (C=O) groups excluding carboxylic acids is 1. The van der Waals surface area contributed by atoms with Gasteiger partial charge in [-0.1, -0.05) is 12.1 Å². The average molecular weight is 302 g/mol. The van der Waals surface area contributed by atoms with Crippen LogP contribution in [-0.4, -0.2) is 33.4 Å². The van der Waals surface area contributed by atoms with E-state index < -0.39 is 12.0 Å². The number of aliphatic carboxylic acids is 1. The van der Waals surface area contributed by atoms with Crippen LogP contribution in [-0.2, 0) is 4.79 Å². The topological polar surface area (TPSA) is 96.2 Å². The maximum Gasteiger partial charge on any atom is 0.319 e. The second-order valence-corrected chi connectivity index (χ2v) is 4.88. The van der Waals surface area contributed by atoms with Crippen molar-refractivity contribution in [2.45, 2.75) is 20.3 Å². The fourth-order valence-electron chi connectivity index (χ4n) is 2.09. The van der Waals surface area contributed by atoms with E-state index in [1.807, 2.05) is 38.1 Å². The molecule has 7 heteroatoms. The fourth-order valence-corrected chi connectivity index (χ4v) is 2.09. The highest BCUT2D eigenvalue weighted by Gasteiger charge is 2.11. The third-order valence-electron chi connectivity index (χ3n) is 3.01. The van der Waals surface area contributed by atoms with Crippen molar-refractivity contribution in [3.63, 3.8) is 0 Å². The van der Waals surface area contributed by atoms with Crippen molar-refractivity contribution in [1.29, 1.82) is 0 Å². The summed E-state index contributed by atoms with van der Waals surface area (Å²) in [5, 5.41) is 18.2. The van der Waals surface area contributed by atoms with E-state index in [2.05, 4.69) is 15.7 Å². The second-order valence-electron chi connectivity index (χ2n) is 4.88. The lowest BCUT2D eigenvalue weighted by Crippen LogP contribution is -2.31. The fraction of sp³-hybridized carbons (Fsp3) is 0.267. The first kappa shape index (κ1) is 15.6. The molecule has 0 fully saturated rings. The number of para-hydroxylation sites is 2. The first-order chi connectivity index (χ1) is 10.5. The van der Waals surface area contributed by atoms with Gasteiger partial charge in [0.25, 0.3) is 0 Å². The molecule has 0 saturated carbocycles. The molecule has 1 aromatic heterocycles. The van der Waals surface area contributed by atoms with Gasteiger partial charge in [-0.15, -0.1) is 0 Å². The molecule has 0 saturated heterocycles. The van der Waals surface area contributed by atoms with Crippen molar-refractivity contribution in [2.24, 2.45) is 0 Å². The van der Waals surface area contributed by atoms with E-state index in [0.717, 1.165) is 17.1 Å². The van der Waals surface area contributed by atoms with E-state index in [1.165, 1.54) is 0 Å². The molecule has 116 valence electrons. The molecular weight excluding hydrogens is 284 g/mol. The highest BCUT2D eigenvalue weighted by Crippen LogP contribution is 2.21. The number of hydrogen-bond acceptors (Lipinski definition) is 3.